The molecule has 6 nitrogen and oxygen atoms in total. The van der Waals surface area contributed by atoms with Gasteiger partial charge < -0.3 is 20.5 Å². The molecule has 0 aromatic carbocycles. The van der Waals surface area contributed by atoms with Crippen LogP contribution in [0.5, 0.6) is 5.88 Å². The van der Waals surface area contributed by atoms with Crippen LogP contribution >= 0.6 is 35.3 Å². The number of rotatable bonds is 7. The van der Waals surface area contributed by atoms with E-state index in [2.05, 4.69) is 20.6 Å². The predicted octanol–water partition coefficient (Wildman–Crippen LogP) is 2.73. The van der Waals surface area contributed by atoms with Crippen LogP contribution in [0.2, 0.25) is 0 Å². The van der Waals surface area contributed by atoms with E-state index in [1.165, 1.54) is 11.3 Å². The predicted molar refractivity (Wildman–Crippen MR) is 113 cm³/mol. The normalized spacial score (nSPS) is 13.5. The summed E-state index contributed by atoms with van der Waals surface area (Å²) in [6, 6.07) is 7.61. The summed E-state index contributed by atoms with van der Waals surface area (Å²) < 4.78 is 5.05. The van der Waals surface area contributed by atoms with Crippen LogP contribution in [0.25, 0.3) is 0 Å². The molecule has 0 aliphatic carbocycles. The first-order chi connectivity index (χ1) is 11.5. The van der Waals surface area contributed by atoms with Crippen molar-refractivity contribution in [2.24, 2.45) is 4.99 Å². The van der Waals surface area contributed by atoms with Gasteiger partial charge in [0.15, 0.2) is 5.96 Å². The Balaban J connectivity index is 0.00000312. The maximum atomic E-state index is 10.6. The van der Waals surface area contributed by atoms with E-state index in [-0.39, 0.29) is 24.0 Å². The zero-order valence-electron chi connectivity index (χ0n) is 14.7. The molecule has 0 spiro atoms. The first-order valence-electron chi connectivity index (χ1n) is 7.82. The molecular weight excluding hydrogens is 451 g/mol. The average molecular weight is 476 g/mol. The summed E-state index contributed by atoms with van der Waals surface area (Å²) in [5.41, 5.74) is 0.0458. The molecule has 0 bridgehead atoms. The number of methoxy groups -OCH3 is 1. The van der Waals surface area contributed by atoms with E-state index in [0.717, 1.165) is 17.0 Å². The van der Waals surface area contributed by atoms with Crippen molar-refractivity contribution in [2.75, 3.05) is 20.2 Å². The van der Waals surface area contributed by atoms with Gasteiger partial charge in [-0.05, 0) is 30.9 Å². The number of aliphatic imine (C=N–C) groups is 1. The van der Waals surface area contributed by atoms with E-state index in [4.69, 9.17) is 4.74 Å². The van der Waals surface area contributed by atoms with Gasteiger partial charge in [-0.15, -0.1) is 35.3 Å². The van der Waals surface area contributed by atoms with Crippen molar-refractivity contribution < 1.29 is 9.84 Å². The SMILES string of the molecule is CCNC(=NCc1ccc(OC)nc1)NCC(C)(O)c1cccs1.I. The number of aliphatic hydroxyl groups is 1. The van der Waals surface area contributed by atoms with Gasteiger partial charge in [-0.1, -0.05) is 12.1 Å². The van der Waals surface area contributed by atoms with Gasteiger partial charge in [0.05, 0.1) is 20.2 Å². The van der Waals surface area contributed by atoms with Gasteiger partial charge in [0.25, 0.3) is 0 Å². The first kappa shape index (κ1) is 21.7. The maximum Gasteiger partial charge on any atom is 0.212 e. The summed E-state index contributed by atoms with van der Waals surface area (Å²) >= 11 is 1.54. The van der Waals surface area contributed by atoms with Gasteiger partial charge in [0.2, 0.25) is 5.88 Å². The molecule has 1 atom stereocenters. The number of guanidine groups is 1. The molecule has 0 saturated heterocycles. The quantitative estimate of drug-likeness (QED) is 0.326. The lowest BCUT2D eigenvalue weighted by Gasteiger charge is -2.23. The van der Waals surface area contributed by atoms with E-state index in [0.29, 0.717) is 24.9 Å². The highest BCUT2D eigenvalue weighted by atomic mass is 127. The van der Waals surface area contributed by atoms with Crippen molar-refractivity contribution in [1.29, 1.82) is 0 Å². The average Bonchev–Trinajstić information content (AvgIpc) is 3.13. The molecule has 2 aromatic rings. The van der Waals surface area contributed by atoms with Crippen molar-refractivity contribution in [2.45, 2.75) is 26.0 Å². The third-order valence-electron chi connectivity index (χ3n) is 3.42. The molecule has 3 N–H and O–H groups in total. The second-order valence-electron chi connectivity index (χ2n) is 5.51. The molecule has 0 fully saturated rings. The van der Waals surface area contributed by atoms with Gasteiger partial charge in [0.1, 0.15) is 5.60 Å². The lowest BCUT2D eigenvalue weighted by molar-refractivity contribution is 0.0655. The zero-order chi connectivity index (χ0) is 17.4. The highest BCUT2D eigenvalue weighted by Crippen LogP contribution is 2.24. The number of pyridine rings is 1. The number of hydrogen-bond donors (Lipinski definition) is 3. The van der Waals surface area contributed by atoms with E-state index in [1.807, 2.05) is 36.6 Å². The number of nitrogens with zero attached hydrogens (tertiary/aromatic N) is 2. The summed E-state index contributed by atoms with van der Waals surface area (Å²) in [5.74, 6) is 1.24. The smallest absolute Gasteiger partial charge is 0.212 e. The largest absolute Gasteiger partial charge is 0.481 e. The molecular formula is C17H25IN4O2S. The molecule has 0 amide bonds. The van der Waals surface area contributed by atoms with E-state index < -0.39 is 5.60 Å². The Morgan fingerprint density at radius 1 is 1.36 bits per heavy atom. The second kappa shape index (κ2) is 10.6. The van der Waals surface area contributed by atoms with Crippen molar-refractivity contribution in [3.05, 3.63) is 46.3 Å². The van der Waals surface area contributed by atoms with E-state index >= 15 is 0 Å². The van der Waals surface area contributed by atoms with Crippen LogP contribution in [0.1, 0.15) is 24.3 Å². The second-order valence-corrected chi connectivity index (χ2v) is 6.46. The lowest BCUT2D eigenvalue weighted by atomic mass is 10.1. The highest BCUT2D eigenvalue weighted by molar-refractivity contribution is 14.0. The molecule has 1 unspecified atom stereocenters. The lowest BCUT2D eigenvalue weighted by Crippen LogP contribution is -2.44. The Labute approximate surface area is 169 Å². The summed E-state index contributed by atoms with van der Waals surface area (Å²) in [5, 5.41) is 18.9. The van der Waals surface area contributed by atoms with Crippen LogP contribution in [-0.4, -0.2) is 36.2 Å². The van der Waals surface area contributed by atoms with Crippen LogP contribution in [0.15, 0.2) is 40.8 Å². The zero-order valence-corrected chi connectivity index (χ0v) is 17.8. The van der Waals surface area contributed by atoms with Crippen LogP contribution in [0.3, 0.4) is 0 Å². The van der Waals surface area contributed by atoms with Gasteiger partial charge in [-0.2, -0.15) is 0 Å². The minimum absolute atomic E-state index is 0. The molecule has 2 aromatic heterocycles. The molecule has 0 saturated carbocycles. The van der Waals surface area contributed by atoms with Crippen LogP contribution in [0, 0.1) is 0 Å². The van der Waals surface area contributed by atoms with Gasteiger partial charge in [0, 0.05) is 23.7 Å². The molecule has 2 rings (SSSR count). The highest BCUT2D eigenvalue weighted by Gasteiger charge is 2.24. The molecule has 25 heavy (non-hydrogen) atoms. The fourth-order valence-electron chi connectivity index (χ4n) is 2.07. The molecule has 0 radical (unpaired) electrons. The topological polar surface area (TPSA) is 78.8 Å². The Morgan fingerprint density at radius 2 is 2.16 bits per heavy atom. The van der Waals surface area contributed by atoms with Gasteiger partial charge in [-0.25, -0.2) is 9.98 Å². The Morgan fingerprint density at radius 3 is 2.72 bits per heavy atom. The fraction of sp³-hybridized carbons (Fsp3) is 0.412. The standard InChI is InChI=1S/C17H24N4O2S.HI/c1-4-18-16(20-11-13-7-8-15(23-3)19-10-13)21-12-17(2,22)14-6-5-9-24-14;/h5-10,22H,4,11-12H2,1-3H3,(H2,18,20,21);1H. The summed E-state index contributed by atoms with van der Waals surface area (Å²) in [6.45, 7) is 5.41. The first-order valence-corrected chi connectivity index (χ1v) is 8.70. The maximum absolute atomic E-state index is 10.6. The fourth-order valence-corrected chi connectivity index (χ4v) is 2.85. The number of halogens is 1. The molecule has 2 heterocycles. The van der Waals surface area contributed by atoms with Crippen LogP contribution in [-0.2, 0) is 12.1 Å². The Kier molecular flexibility index (Phi) is 9.15. The van der Waals surface area contributed by atoms with Crippen LogP contribution in [0.4, 0.5) is 0 Å². The molecule has 8 heteroatoms. The third-order valence-corrected chi connectivity index (χ3v) is 4.55. The molecule has 0 aliphatic heterocycles. The van der Waals surface area contributed by atoms with E-state index in [9.17, 15) is 5.11 Å². The number of hydrogen-bond acceptors (Lipinski definition) is 5. The van der Waals surface area contributed by atoms with Crippen molar-refractivity contribution in [3.8, 4) is 5.88 Å². The number of thiophene rings is 1. The summed E-state index contributed by atoms with van der Waals surface area (Å²) in [4.78, 5) is 9.62. The minimum atomic E-state index is -0.938. The van der Waals surface area contributed by atoms with Gasteiger partial charge in [-0.3, -0.25) is 0 Å². The van der Waals surface area contributed by atoms with Crippen LogP contribution < -0.4 is 15.4 Å². The molecule has 138 valence electrons. The minimum Gasteiger partial charge on any atom is -0.481 e. The summed E-state index contributed by atoms with van der Waals surface area (Å²) in [7, 11) is 1.59. The third kappa shape index (κ3) is 6.79. The summed E-state index contributed by atoms with van der Waals surface area (Å²) in [6.07, 6.45) is 1.74. The molecule has 0 aliphatic rings. The monoisotopic (exact) mass is 476 g/mol. The number of ether oxygens (including phenoxy) is 1. The van der Waals surface area contributed by atoms with Crippen molar-refractivity contribution >= 4 is 41.3 Å². The van der Waals surface area contributed by atoms with E-state index in [1.54, 1.807) is 20.2 Å². The van der Waals surface area contributed by atoms with Crippen molar-refractivity contribution in [1.82, 2.24) is 15.6 Å². The number of aromatic nitrogens is 1. The number of nitrogens with one attached hydrogen (secondary N) is 2. The Bertz CT molecular complexity index is 645. The Hall–Kier alpha value is -1.39. The van der Waals surface area contributed by atoms with Crippen molar-refractivity contribution in [3.63, 3.8) is 0 Å². The van der Waals surface area contributed by atoms with Gasteiger partial charge >= 0.3 is 0 Å².